The van der Waals surface area contributed by atoms with E-state index in [-0.39, 0.29) is 5.69 Å². The van der Waals surface area contributed by atoms with Crippen LogP contribution in [0.3, 0.4) is 0 Å². The van der Waals surface area contributed by atoms with Crippen molar-refractivity contribution in [3.63, 3.8) is 0 Å². The van der Waals surface area contributed by atoms with Gasteiger partial charge in [-0.3, -0.25) is 14.9 Å². The lowest BCUT2D eigenvalue weighted by Crippen LogP contribution is -2.49. The molecule has 166 valence electrons. The number of carbonyl (C=O) groups is 2. The zero-order chi connectivity index (χ0) is 23.7. The molecule has 2 aromatic rings. The molecule has 0 bridgehead atoms. The number of aliphatic hydroxyl groups is 1. The number of benzene rings is 2. The smallest absolute Gasteiger partial charge is 0.332 e. The minimum Gasteiger partial charge on any atom is -0.439 e. The molecule has 0 saturated heterocycles. The largest absolute Gasteiger partial charge is 0.439 e. The lowest BCUT2D eigenvalue weighted by molar-refractivity contribution is -0.384. The number of nitrogens with zero attached hydrogens (tertiary/aromatic N) is 4. The van der Waals surface area contributed by atoms with E-state index in [1.807, 2.05) is 0 Å². The molecule has 0 heterocycles. The molecule has 1 N–H and O–H groups in total. The number of ether oxygens (including phenoxy) is 1. The molecule has 0 radical (unpaired) electrons. The Bertz CT molecular complexity index is 1020. The number of ketones is 1. The maximum absolute atomic E-state index is 12.3. The number of hydrogen-bond acceptors (Lipinski definition) is 9. The molecule has 0 saturated carbocycles. The Labute approximate surface area is 184 Å². The lowest BCUT2D eigenvalue weighted by atomic mass is 10.1. The summed E-state index contributed by atoms with van der Waals surface area (Å²) in [6.07, 6.45) is 1.19. The number of carbonyl (C=O) groups excluding carboxylic acids is 2. The van der Waals surface area contributed by atoms with Crippen LogP contribution in [0, 0.1) is 10.1 Å². The van der Waals surface area contributed by atoms with Crippen molar-refractivity contribution in [1.29, 1.82) is 0 Å². The van der Waals surface area contributed by atoms with Crippen molar-refractivity contribution >= 4 is 34.5 Å². The Kier molecular flexibility index (Phi) is 8.49. The average Bonchev–Trinajstić information content (AvgIpc) is 2.81. The molecule has 10 heteroatoms. The molecule has 2 atom stereocenters. The number of rotatable bonds is 11. The SMILES string of the molecule is C=CC(=O)OC(C)N(c1ccc(N=Nc2ccc([N+](=O)[O-])cc2)cc1)C(CO)C(=O)C=C. The first-order valence-electron chi connectivity index (χ1n) is 9.45. The van der Waals surface area contributed by atoms with E-state index >= 15 is 0 Å². The predicted octanol–water partition coefficient (Wildman–Crippen LogP) is 4.01. The number of anilines is 1. The summed E-state index contributed by atoms with van der Waals surface area (Å²) in [6.45, 7) is 7.83. The number of non-ortho nitro benzene ring substituents is 1. The third-order valence-electron chi connectivity index (χ3n) is 4.37. The first-order valence-corrected chi connectivity index (χ1v) is 9.45. The summed E-state index contributed by atoms with van der Waals surface area (Å²) in [4.78, 5) is 35.5. The number of hydrogen-bond donors (Lipinski definition) is 1. The number of azo groups is 1. The highest BCUT2D eigenvalue weighted by Crippen LogP contribution is 2.26. The van der Waals surface area contributed by atoms with Gasteiger partial charge in [-0.15, -0.1) is 0 Å². The van der Waals surface area contributed by atoms with Crippen LogP contribution in [0.25, 0.3) is 0 Å². The molecule has 0 amide bonds. The van der Waals surface area contributed by atoms with Crippen LogP contribution in [0.4, 0.5) is 22.7 Å². The summed E-state index contributed by atoms with van der Waals surface area (Å²) in [5, 5.41) is 28.6. The number of nitro benzene ring substituents is 1. The van der Waals surface area contributed by atoms with E-state index in [2.05, 4.69) is 23.4 Å². The van der Waals surface area contributed by atoms with Crippen molar-refractivity contribution < 1.29 is 24.4 Å². The van der Waals surface area contributed by atoms with E-state index in [1.54, 1.807) is 31.2 Å². The summed E-state index contributed by atoms with van der Waals surface area (Å²) in [5.41, 5.74) is 1.34. The summed E-state index contributed by atoms with van der Waals surface area (Å²) in [7, 11) is 0. The fourth-order valence-corrected chi connectivity index (χ4v) is 2.82. The second-order valence-electron chi connectivity index (χ2n) is 6.44. The van der Waals surface area contributed by atoms with Gasteiger partial charge in [0.05, 0.1) is 22.9 Å². The molecule has 10 nitrogen and oxygen atoms in total. The molecule has 0 fully saturated rings. The van der Waals surface area contributed by atoms with Gasteiger partial charge in [0.25, 0.3) is 5.69 Å². The molecule has 32 heavy (non-hydrogen) atoms. The zero-order valence-electron chi connectivity index (χ0n) is 17.3. The van der Waals surface area contributed by atoms with Gasteiger partial charge >= 0.3 is 5.97 Å². The summed E-state index contributed by atoms with van der Waals surface area (Å²) >= 11 is 0. The van der Waals surface area contributed by atoms with Gasteiger partial charge < -0.3 is 14.7 Å². The van der Waals surface area contributed by atoms with E-state index in [4.69, 9.17) is 4.74 Å². The normalized spacial score (nSPS) is 12.6. The zero-order valence-corrected chi connectivity index (χ0v) is 17.3. The molecule has 0 aromatic heterocycles. The second kappa shape index (κ2) is 11.3. The molecule has 0 spiro atoms. The monoisotopic (exact) mass is 438 g/mol. The molecule has 2 aromatic carbocycles. The summed E-state index contributed by atoms with van der Waals surface area (Å²) in [6, 6.07) is 11.1. The van der Waals surface area contributed by atoms with Gasteiger partial charge in [-0.25, -0.2) is 4.79 Å². The third kappa shape index (κ3) is 6.16. The minimum atomic E-state index is -1.02. The van der Waals surface area contributed by atoms with Crippen molar-refractivity contribution in [3.05, 3.63) is 84.0 Å². The fraction of sp³-hybridized carbons (Fsp3) is 0.182. The highest BCUT2D eigenvalue weighted by molar-refractivity contribution is 5.96. The van der Waals surface area contributed by atoms with Crippen LogP contribution in [0.1, 0.15) is 6.92 Å². The van der Waals surface area contributed by atoms with Gasteiger partial charge in [-0.1, -0.05) is 13.2 Å². The average molecular weight is 438 g/mol. The minimum absolute atomic E-state index is 0.0489. The predicted molar refractivity (Wildman–Crippen MR) is 118 cm³/mol. The quantitative estimate of drug-likeness (QED) is 0.140. The van der Waals surface area contributed by atoms with Crippen molar-refractivity contribution in [2.24, 2.45) is 10.2 Å². The molecular weight excluding hydrogens is 416 g/mol. The van der Waals surface area contributed by atoms with Gasteiger partial charge in [0, 0.05) is 23.9 Å². The van der Waals surface area contributed by atoms with E-state index in [1.165, 1.54) is 29.2 Å². The summed E-state index contributed by atoms with van der Waals surface area (Å²) in [5.74, 6) is -1.13. The van der Waals surface area contributed by atoms with E-state index in [0.29, 0.717) is 17.1 Å². The number of aliphatic hydroxyl groups excluding tert-OH is 1. The Morgan fingerprint density at radius 2 is 1.62 bits per heavy atom. The maximum atomic E-state index is 12.3. The van der Waals surface area contributed by atoms with Crippen LogP contribution in [-0.4, -0.2) is 40.7 Å². The van der Waals surface area contributed by atoms with Crippen molar-refractivity contribution in [3.8, 4) is 0 Å². The van der Waals surface area contributed by atoms with Crippen molar-refractivity contribution in [2.45, 2.75) is 19.2 Å². The molecule has 0 aliphatic rings. The highest BCUT2D eigenvalue weighted by Gasteiger charge is 2.29. The molecule has 2 rings (SSSR count). The Hall–Kier alpha value is -4.18. The molecule has 2 unspecified atom stereocenters. The van der Waals surface area contributed by atoms with Crippen molar-refractivity contribution in [1.82, 2.24) is 0 Å². The Morgan fingerprint density at radius 3 is 2.06 bits per heavy atom. The van der Waals surface area contributed by atoms with Crippen LogP contribution >= 0.6 is 0 Å². The van der Waals surface area contributed by atoms with Crippen LogP contribution in [0.2, 0.25) is 0 Å². The first-order chi connectivity index (χ1) is 15.3. The van der Waals surface area contributed by atoms with Crippen LogP contribution in [0.15, 0.2) is 84.1 Å². The van der Waals surface area contributed by atoms with Crippen LogP contribution in [-0.2, 0) is 14.3 Å². The first kappa shape index (κ1) is 24.1. The standard InChI is InChI=1S/C22H22N4O6/c1-4-21(28)20(14-27)25(15(3)32-22(29)5-2)18-10-6-16(7-11-18)23-24-17-8-12-19(13-9-17)26(30)31/h4-13,15,20,27H,1-2,14H2,3H3. The fourth-order valence-electron chi connectivity index (χ4n) is 2.82. The number of nitro groups is 1. The topological polar surface area (TPSA) is 135 Å². The van der Waals surface area contributed by atoms with Gasteiger partial charge in [0.1, 0.15) is 6.04 Å². The summed E-state index contributed by atoms with van der Waals surface area (Å²) < 4.78 is 5.24. The number of esters is 1. The van der Waals surface area contributed by atoms with E-state index in [9.17, 15) is 24.8 Å². The molecular formula is C22H22N4O6. The van der Waals surface area contributed by atoms with Gasteiger partial charge in [-0.05, 0) is 49.4 Å². The molecule has 0 aliphatic carbocycles. The lowest BCUT2D eigenvalue weighted by Gasteiger charge is -2.35. The Balaban J connectivity index is 2.28. The van der Waals surface area contributed by atoms with Gasteiger partial charge in [0.2, 0.25) is 0 Å². The maximum Gasteiger partial charge on any atom is 0.332 e. The van der Waals surface area contributed by atoms with Crippen molar-refractivity contribution in [2.75, 3.05) is 11.5 Å². The van der Waals surface area contributed by atoms with Gasteiger partial charge in [-0.2, -0.15) is 10.2 Å². The van der Waals surface area contributed by atoms with E-state index < -0.39 is 35.6 Å². The van der Waals surface area contributed by atoms with Gasteiger partial charge in [0.15, 0.2) is 12.0 Å². The Morgan fingerprint density at radius 1 is 1.09 bits per heavy atom. The van der Waals surface area contributed by atoms with Crippen LogP contribution < -0.4 is 4.90 Å². The van der Waals surface area contributed by atoms with Crippen LogP contribution in [0.5, 0.6) is 0 Å². The molecule has 0 aliphatic heterocycles. The third-order valence-corrected chi connectivity index (χ3v) is 4.37. The highest BCUT2D eigenvalue weighted by atomic mass is 16.6. The second-order valence-corrected chi connectivity index (χ2v) is 6.44. The van der Waals surface area contributed by atoms with E-state index in [0.717, 1.165) is 12.2 Å².